The molecular weight excluding hydrogens is 743 g/mol. The van der Waals surface area contributed by atoms with Gasteiger partial charge in [0.15, 0.2) is 11.6 Å². The van der Waals surface area contributed by atoms with Crippen LogP contribution >= 0.6 is 0 Å². The average Bonchev–Trinajstić information content (AvgIpc) is 3.69. The standard InChI is InChI=1S/C56H37N5/c1-5-18-38(19-6-1)49-37-50(39-20-7-2-8-21-39)58-56(57-49)46-29-17-27-44(36-46)42-25-15-24-41(34-42)43-26-16-28-45(35-43)52-54-53(60-55(59-52)40-22-9-3-10-23-40)48-32-13-14-33-51(48)61(54)47-30-11-4-12-31-47/h1-37H. The third-order valence-corrected chi connectivity index (χ3v) is 11.2. The molecule has 0 aliphatic heterocycles. The van der Waals surface area contributed by atoms with Crippen LogP contribution in [0.1, 0.15) is 0 Å². The van der Waals surface area contributed by atoms with E-state index in [0.717, 1.165) is 94.8 Å². The molecule has 0 radical (unpaired) electrons. The molecule has 0 saturated carbocycles. The minimum absolute atomic E-state index is 0.685. The van der Waals surface area contributed by atoms with Crippen molar-refractivity contribution in [3.8, 4) is 84.5 Å². The third kappa shape index (κ3) is 6.84. The van der Waals surface area contributed by atoms with Crippen LogP contribution in [0.3, 0.4) is 0 Å². The fourth-order valence-corrected chi connectivity index (χ4v) is 8.26. The Balaban J connectivity index is 1.02. The summed E-state index contributed by atoms with van der Waals surface area (Å²) in [7, 11) is 0. The summed E-state index contributed by atoms with van der Waals surface area (Å²) in [5, 5.41) is 1.08. The Morgan fingerprint density at radius 3 is 1.31 bits per heavy atom. The molecule has 0 fully saturated rings. The summed E-state index contributed by atoms with van der Waals surface area (Å²) in [5.74, 6) is 1.38. The maximum absolute atomic E-state index is 5.37. The first-order valence-corrected chi connectivity index (χ1v) is 20.5. The second-order valence-corrected chi connectivity index (χ2v) is 15.1. The first-order valence-electron chi connectivity index (χ1n) is 20.5. The van der Waals surface area contributed by atoms with E-state index in [0.29, 0.717) is 11.6 Å². The highest BCUT2D eigenvalue weighted by atomic mass is 15.0. The number of hydrogen-bond donors (Lipinski definition) is 0. The van der Waals surface area contributed by atoms with Crippen molar-refractivity contribution < 1.29 is 0 Å². The van der Waals surface area contributed by atoms with Gasteiger partial charge < -0.3 is 4.57 Å². The van der Waals surface area contributed by atoms with Gasteiger partial charge in [-0.3, -0.25) is 0 Å². The van der Waals surface area contributed by atoms with Crippen LogP contribution in [-0.4, -0.2) is 24.5 Å². The van der Waals surface area contributed by atoms with Gasteiger partial charge in [-0.1, -0.05) is 182 Å². The van der Waals surface area contributed by atoms with Crippen LogP contribution in [-0.2, 0) is 0 Å². The third-order valence-electron chi connectivity index (χ3n) is 11.2. The lowest BCUT2D eigenvalue weighted by Gasteiger charge is -2.13. The van der Waals surface area contributed by atoms with Gasteiger partial charge >= 0.3 is 0 Å². The van der Waals surface area contributed by atoms with Gasteiger partial charge in [0.25, 0.3) is 0 Å². The number of hydrogen-bond acceptors (Lipinski definition) is 4. The monoisotopic (exact) mass is 779 g/mol. The fraction of sp³-hybridized carbons (Fsp3) is 0. The molecule has 3 heterocycles. The number of benzene rings is 8. The zero-order valence-corrected chi connectivity index (χ0v) is 33.1. The topological polar surface area (TPSA) is 56.5 Å². The molecule has 5 nitrogen and oxygen atoms in total. The predicted molar refractivity (Wildman–Crippen MR) is 250 cm³/mol. The lowest BCUT2D eigenvalue weighted by Crippen LogP contribution is -1.99. The van der Waals surface area contributed by atoms with Crippen molar-refractivity contribution in [2.45, 2.75) is 0 Å². The van der Waals surface area contributed by atoms with E-state index in [1.165, 1.54) is 0 Å². The molecular formula is C56H37N5. The van der Waals surface area contributed by atoms with Crippen molar-refractivity contribution in [3.63, 3.8) is 0 Å². The van der Waals surface area contributed by atoms with E-state index in [1.54, 1.807) is 0 Å². The molecule has 0 amide bonds. The van der Waals surface area contributed by atoms with Gasteiger partial charge in [0.1, 0.15) is 5.52 Å². The Bertz CT molecular complexity index is 3280. The maximum Gasteiger partial charge on any atom is 0.160 e. The van der Waals surface area contributed by atoms with Gasteiger partial charge in [-0.15, -0.1) is 0 Å². The van der Waals surface area contributed by atoms with Gasteiger partial charge in [-0.05, 0) is 64.7 Å². The molecule has 8 aromatic carbocycles. The SMILES string of the molecule is c1ccc(-c2cc(-c3ccccc3)nc(-c3cccc(-c4cccc(-c5cccc(-c6nc(-c7ccccc7)nc7c8ccccc8n(-c8ccccc8)c67)c5)c4)c3)n2)cc1. The average molecular weight is 780 g/mol. The smallest absolute Gasteiger partial charge is 0.160 e. The van der Waals surface area contributed by atoms with Crippen molar-refractivity contribution in [1.29, 1.82) is 0 Å². The molecule has 11 rings (SSSR count). The molecule has 0 atom stereocenters. The Morgan fingerprint density at radius 2 is 0.721 bits per heavy atom. The van der Waals surface area contributed by atoms with E-state index in [1.807, 2.05) is 54.6 Å². The molecule has 3 aromatic heterocycles. The first-order chi connectivity index (χ1) is 30.2. The van der Waals surface area contributed by atoms with Crippen LogP contribution in [0.2, 0.25) is 0 Å². The van der Waals surface area contributed by atoms with Crippen molar-refractivity contribution in [1.82, 2.24) is 24.5 Å². The summed E-state index contributed by atoms with van der Waals surface area (Å²) in [6.45, 7) is 0. The van der Waals surface area contributed by atoms with Gasteiger partial charge in [-0.2, -0.15) is 0 Å². The molecule has 0 N–H and O–H groups in total. The highest BCUT2D eigenvalue weighted by Crippen LogP contribution is 2.39. The molecule has 61 heavy (non-hydrogen) atoms. The van der Waals surface area contributed by atoms with Crippen molar-refractivity contribution in [2.24, 2.45) is 0 Å². The zero-order chi connectivity index (χ0) is 40.5. The summed E-state index contributed by atoms with van der Waals surface area (Å²) >= 11 is 0. The van der Waals surface area contributed by atoms with E-state index in [9.17, 15) is 0 Å². The van der Waals surface area contributed by atoms with Gasteiger partial charge in [-0.25, -0.2) is 19.9 Å². The molecule has 5 heteroatoms. The van der Waals surface area contributed by atoms with E-state index in [2.05, 4.69) is 174 Å². The molecule has 0 bridgehead atoms. The van der Waals surface area contributed by atoms with Gasteiger partial charge in [0.05, 0.1) is 28.1 Å². The number of fused-ring (bicyclic) bond motifs is 3. The fourth-order valence-electron chi connectivity index (χ4n) is 8.26. The zero-order valence-electron chi connectivity index (χ0n) is 33.1. The predicted octanol–water partition coefficient (Wildman–Crippen LogP) is 14.0. The second kappa shape index (κ2) is 15.5. The minimum Gasteiger partial charge on any atom is -0.306 e. The van der Waals surface area contributed by atoms with Crippen LogP contribution < -0.4 is 0 Å². The maximum atomic E-state index is 5.37. The molecule has 11 aromatic rings. The minimum atomic E-state index is 0.685. The summed E-state index contributed by atoms with van der Waals surface area (Å²) < 4.78 is 2.30. The number of aromatic nitrogens is 5. The Hall–Kier alpha value is -8.28. The highest BCUT2D eigenvalue weighted by molar-refractivity contribution is 6.11. The highest BCUT2D eigenvalue weighted by Gasteiger charge is 2.21. The molecule has 0 saturated heterocycles. The lowest BCUT2D eigenvalue weighted by atomic mass is 9.96. The van der Waals surface area contributed by atoms with Crippen molar-refractivity contribution >= 4 is 21.9 Å². The van der Waals surface area contributed by atoms with Gasteiger partial charge in [0, 0.05) is 38.9 Å². The van der Waals surface area contributed by atoms with Crippen LogP contribution in [0.4, 0.5) is 0 Å². The van der Waals surface area contributed by atoms with E-state index < -0.39 is 0 Å². The van der Waals surface area contributed by atoms with Crippen LogP contribution in [0, 0.1) is 0 Å². The largest absolute Gasteiger partial charge is 0.306 e. The first kappa shape index (κ1) is 35.8. The summed E-state index contributed by atoms with van der Waals surface area (Å²) in [6, 6.07) is 77.9. The Labute approximate surface area is 354 Å². The lowest BCUT2D eigenvalue weighted by molar-refractivity contribution is 1.15. The van der Waals surface area contributed by atoms with Crippen LogP contribution in [0.25, 0.3) is 106 Å². The Kier molecular flexibility index (Phi) is 9.10. The van der Waals surface area contributed by atoms with E-state index in [4.69, 9.17) is 19.9 Å². The van der Waals surface area contributed by atoms with E-state index >= 15 is 0 Å². The van der Waals surface area contributed by atoms with Crippen molar-refractivity contribution in [3.05, 3.63) is 224 Å². The van der Waals surface area contributed by atoms with Crippen molar-refractivity contribution in [2.75, 3.05) is 0 Å². The molecule has 0 aliphatic rings. The van der Waals surface area contributed by atoms with Crippen LogP contribution in [0.15, 0.2) is 224 Å². The normalized spacial score (nSPS) is 11.3. The van der Waals surface area contributed by atoms with Crippen LogP contribution in [0.5, 0.6) is 0 Å². The molecule has 0 aliphatic carbocycles. The molecule has 286 valence electrons. The number of nitrogens with zero attached hydrogens (tertiary/aromatic N) is 5. The van der Waals surface area contributed by atoms with Gasteiger partial charge in [0.2, 0.25) is 0 Å². The summed E-state index contributed by atoms with van der Waals surface area (Å²) in [4.78, 5) is 20.8. The number of para-hydroxylation sites is 2. The summed E-state index contributed by atoms with van der Waals surface area (Å²) in [6.07, 6.45) is 0. The van der Waals surface area contributed by atoms with E-state index in [-0.39, 0.29) is 0 Å². The Morgan fingerprint density at radius 1 is 0.295 bits per heavy atom. The second-order valence-electron chi connectivity index (χ2n) is 15.1. The molecule has 0 spiro atoms. The molecule has 0 unspecified atom stereocenters. The summed E-state index contributed by atoms with van der Waals surface area (Å²) in [5.41, 5.74) is 16.1. The number of rotatable bonds is 8. The quantitative estimate of drug-likeness (QED) is 0.154.